The van der Waals surface area contributed by atoms with E-state index in [2.05, 4.69) is 74.9 Å². The van der Waals surface area contributed by atoms with Gasteiger partial charge in [-0.1, -0.05) is 71.9 Å². The van der Waals surface area contributed by atoms with Crippen molar-refractivity contribution in [3.8, 4) is 0 Å². The summed E-state index contributed by atoms with van der Waals surface area (Å²) in [6.45, 7) is 7.53. The van der Waals surface area contributed by atoms with Crippen LogP contribution in [0.3, 0.4) is 0 Å². The molecule has 0 bridgehead atoms. The van der Waals surface area contributed by atoms with Crippen molar-refractivity contribution < 1.29 is 9.59 Å². The summed E-state index contributed by atoms with van der Waals surface area (Å²) in [4.78, 5) is 31.4. The molecule has 0 N–H and O–H groups in total. The van der Waals surface area contributed by atoms with E-state index in [1.807, 2.05) is 38.1 Å². The molecular weight excluding hydrogens is 538 g/mol. The van der Waals surface area contributed by atoms with Gasteiger partial charge >= 0.3 is 0 Å². The molecule has 0 radical (unpaired) electrons. The van der Waals surface area contributed by atoms with E-state index in [-0.39, 0.29) is 30.4 Å². The lowest BCUT2D eigenvalue weighted by molar-refractivity contribution is -0.136. The van der Waals surface area contributed by atoms with Crippen LogP contribution in [-0.4, -0.2) is 44.8 Å². The summed E-state index contributed by atoms with van der Waals surface area (Å²) in [5, 5.41) is 0. The second-order valence-corrected chi connectivity index (χ2v) is 11.5. The Hall–Kier alpha value is -2.86. The molecule has 2 aromatic carbocycles. The molecule has 0 aliphatic heterocycles. The summed E-state index contributed by atoms with van der Waals surface area (Å²) in [7, 11) is 0. The summed E-state index contributed by atoms with van der Waals surface area (Å²) in [5.74, 6) is -0.0380. The van der Waals surface area contributed by atoms with Crippen molar-refractivity contribution >= 4 is 27.7 Å². The SMILES string of the molecule is CC[C@H](C)N(CC(=O)N(Cc1cccn1Cc1ccc(Br)cc1)C1CCCCC1)C(=O)c1ccc(C)cc1. The third kappa shape index (κ3) is 7.16. The highest BCUT2D eigenvalue weighted by molar-refractivity contribution is 9.10. The molecule has 202 valence electrons. The van der Waals surface area contributed by atoms with Crippen LogP contribution in [0.1, 0.15) is 79.6 Å². The zero-order chi connectivity index (χ0) is 27.1. The van der Waals surface area contributed by atoms with Gasteiger partial charge in [0.15, 0.2) is 0 Å². The van der Waals surface area contributed by atoms with E-state index in [1.54, 1.807) is 4.90 Å². The van der Waals surface area contributed by atoms with Gasteiger partial charge in [0.25, 0.3) is 5.91 Å². The number of halogens is 1. The number of carbonyl (C=O) groups excluding carboxylic acids is 2. The van der Waals surface area contributed by atoms with Crippen molar-refractivity contribution in [1.29, 1.82) is 0 Å². The highest BCUT2D eigenvalue weighted by Crippen LogP contribution is 2.26. The first-order valence-corrected chi connectivity index (χ1v) is 14.7. The molecule has 2 amide bonds. The van der Waals surface area contributed by atoms with Gasteiger partial charge in [-0.15, -0.1) is 0 Å². The van der Waals surface area contributed by atoms with Gasteiger partial charge in [-0.3, -0.25) is 9.59 Å². The summed E-state index contributed by atoms with van der Waals surface area (Å²) >= 11 is 3.51. The normalized spacial score (nSPS) is 14.7. The lowest BCUT2D eigenvalue weighted by Crippen LogP contribution is -2.49. The van der Waals surface area contributed by atoms with Gasteiger partial charge in [0.1, 0.15) is 6.54 Å². The predicted molar refractivity (Wildman–Crippen MR) is 157 cm³/mol. The standard InChI is InChI=1S/C32H40BrN3O2/c1-4-25(3)35(32(38)27-16-12-24(2)13-17-27)23-31(37)36(29-9-6-5-7-10-29)22-30-11-8-20-34(30)21-26-14-18-28(33)19-15-26/h8,11-20,25,29H,4-7,9-10,21-23H2,1-3H3/t25-/m0/s1. The highest BCUT2D eigenvalue weighted by Gasteiger charge is 2.30. The van der Waals surface area contributed by atoms with Gasteiger partial charge < -0.3 is 14.4 Å². The predicted octanol–water partition coefficient (Wildman–Crippen LogP) is 7.21. The Morgan fingerprint density at radius 1 is 1.00 bits per heavy atom. The third-order valence-corrected chi connectivity index (χ3v) is 8.37. The van der Waals surface area contributed by atoms with E-state index < -0.39 is 0 Å². The Bertz CT molecular complexity index is 1200. The molecule has 4 rings (SSSR count). The van der Waals surface area contributed by atoms with Gasteiger partial charge in [0, 0.05) is 40.6 Å². The first-order chi connectivity index (χ1) is 18.4. The van der Waals surface area contributed by atoms with Crippen molar-refractivity contribution in [3.05, 3.63) is 93.7 Å². The van der Waals surface area contributed by atoms with E-state index in [4.69, 9.17) is 0 Å². The number of aryl methyl sites for hydroxylation is 1. The van der Waals surface area contributed by atoms with Crippen LogP contribution in [0.25, 0.3) is 0 Å². The first-order valence-electron chi connectivity index (χ1n) is 13.9. The van der Waals surface area contributed by atoms with Crippen LogP contribution < -0.4 is 0 Å². The minimum absolute atomic E-state index is 0.0257. The fraction of sp³-hybridized carbons (Fsp3) is 0.438. The number of aromatic nitrogens is 1. The number of nitrogens with zero attached hydrogens (tertiary/aromatic N) is 3. The number of hydrogen-bond donors (Lipinski definition) is 0. The Kier molecular flexibility index (Phi) is 9.84. The van der Waals surface area contributed by atoms with Crippen molar-refractivity contribution in [2.75, 3.05) is 6.54 Å². The lowest BCUT2D eigenvalue weighted by atomic mass is 9.94. The quantitative estimate of drug-likeness (QED) is 0.255. The van der Waals surface area contributed by atoms with E-state index in [0.29, 0.717) is 12.1 Å². The van der Waals surface area contributed by atoms with Crippen LogP contribution >= 0.6 is 15.9 Å². The lowest BCUT2D eigenvalue weighted by Gasteiger charge is -2.37. The Morgan fingerprint density at radius 2 is 1.68 bits per heavy atom. The molecule has 6 heteroatoms. The maximum atomic E-state index is 14.0. The fourth-order valence-corrected chi connectivity index (χ4v) is 5.53. The van der Waals surface area contributed by atoms with E-state index in [1.165, 1.54) is 12.0 Å². The molecule has 1 aromatic heterocycles. The molecule has 1 fully saturated rings. The van der Waals surface area contributed by atoms with Crippen LogP contribution in [-0.2, 0) is 17.9 Å². The molecule has 3 aromatic rings. The van der Waals surface area contributed by atoms with Crippen LogP contribution in [0.5, 0.6) is 0 Å². The van der Waals surface area contributed by atoms with Crippen LogP contribution in [0.2, 0.25) is 0 Å². The van der Waals surface area contributed by atoms with Crippen molar-refractivity contribution in [1.82, 2.24) is 14.4 Å². The van der Waals surface area contributed by atoms with Gasteiger partial charge in [-0.05, 0) is 75.1 Å². The Balaban J connectivity index is 1.56. The summed E-state index contributed by atoms with van der Waals surface area (Å²) < 4.78 is 3.30. The molecule has 1 atom stereocenters. The molecule has 0 spiro atoms. The first kappa shape index (κ1) is 28.2. The highest BCUT2D eigenvalue weighted by atomic mass is 79.9. The average Bonchev–Trinajstić information content (AvgIpc) is 3.38. The van der Waals surface area contributed by atoms with Gasteiger partial charge in [-0.2, -0.15) is 0 Å². The third-order valence-electron chi connectivity index (χ3n) is 7.85. The number of carbonyl (C=O) groups is 2. The summed E-state index contributed by atoms with van der Waals surface area (Å²) in [6, 6.07) is 20.4. The largest absolute Gasteiger partial charge is 0.345 e. The molecular formula is C32H40BrN3O2. The molecule has 5 nitrogen and oxygen atoms in total. The topological polar surface area (TPSA) is 45.6 Å². The second-order valence-electron chi connectivity index (χ2n) is 10.6. The molecule has 0 unspecified atom stereocenters. The molecule has 1 saturated carbocycles. The fourth-order valence-electron chi connectivity index (χ4n) is 5.27. The maximum Gasteiger partial charge on any atom is 0.254 e. The minimum Gasteiger partial charge on any atom is -0.345 e. The molecule has 0 saturated heterocycles. The molecule has 1 heterocycles. The average molecular weight is 579 g/mol. The van der Waals surface area contributed by atoms with Crippen LogP contribution in [0.4, 0.5) is 0 Å². The molecule has 1 aliphatic carbocycles. The molecule has 38 heavy (non-hydrogen) atoms. The second kappa shape index (κ2) is 13.3. The van der Waals surface area contributed by atoms with Crippen molar-refractivity contribution in [2.45, 2.75) is 84.5 Å². The Labute approximate surface area is 236 Å². The number of benzene rings is 2. The summed E-state index contributed by atoms with van der Waals surface area (Å²) in [6.07, 6.45) is 8.45. The number of rotatable bonds is 10. The molecule has 1 aliphatic rings. The minimum atomic E-state index is -0.0742. The number of amides is 2. The summed E-state index contributed by atoms with van der Waals surface area (Å²) in [5.41, 5.74) is 4.08. The van der Waals surface area contributed by atoms with Crippen molar-refractivity contribution in [2.24, 2.45) is 0 Å². The zero-order valence-corrected chi connectivity index (χ0v) is 24.5. The van der Waals surface area contributed by atoms with E-state index in [0.717, 1.165) is 54.4 Å². The van der Waals surface area contributed by atoms with E-state index >= 15 is 0 Å². The van der Waals surface area contributed by atoms with Crippen LogP contribution in [0, 0.1) is 6.92 Å². The maximum absolute atomic E-state index is 14.0. The smallest absolute Gasteiger partial charge is 0.254 e. The number of hydrogen-bond acceptors (Lipinski definition) is 2. The van der Waals surface area contributed by atoms with Gasteiger partial charge in [-0.25, -0.2) is 0 Å². The van der Waals surface area contributed by atoms with E-state index in [9.17, 15) is 9.59 Å². The monoisotopic (exact) mass is 577 g/mol. The van der Waals surface area contributed by atoms with Gasteiger partial charge in [0.05, 0.1) is 6.54 Å². The zero-order valence-electron chi connectivity index (χ0n) is 22.9. The van der Waals surface area contributed by atoms with Crippen molar-refractivity contribution in [3.63, 3.8) is 0 Å². The van der Waals surface area contributed by atoms with Crippen LogP contribution in [0.15, 0.2) is 71.3 Å². The van der Waals surface area contributed by atoms with Gasteiger partial charge in [0.2, 0.25) is 5.91 Å². The Morgan fingerprint density at radius 3 is 2.34 bits per heavy atom.